The van der Waals surface area contributed by atoms with E-state index in [-0.39, 0.29) is 5.91 Å². The van der Waals surface area contributed by atoms with Crippen molar-refractivity contribution in [1.82, 2.24) is 19.9 Å². The molecule has 1 aliphatic rings. The molecule has 2 aromatic heterocycles. The Labute approximate surface area is 143 Å². The summed E-state index contributed by atoms with van der Waals surface area (Å²) in [7, 11) is 0. The van der Waals surface area contributed by atoms with Crippen molar-refractivity contribution in [3.05, 3.63) is 53.9 Å². The standard InChI is InChI=1S/C18H15N5O2/c19-7-12-1-3-14(4-2-12)16-5-15(6-17-21-11-22-23(16)17)18(24)20-8-13-9-25-10-13/h1-6,11,13H,8-10H2,(H,20,24). The average molecular weight is 333 g/mol. The molecule has 124 valence electrons. The number of ether oxygens (including phenoxy) is 1. The minimum atomic E-state index is -0.146. The van der Waals surface area contributed by atoms with Crippen molar-refractivity contribution >= 4 is 11.6 Å². The molecule has 0 radical (unpaired) electrons. The van der Waals surface area contributed by atoms with E-state index in [1.165, 1.54) is 6.33 Å². The number of amides is 1. The Hall–Kier alpha value is -3.24. The van der Waals surface area contributed by atoms with Gasteiger partial charge in [0, 0.05) is 23.6 Å². The predicted octanol–water partition coefficient (Wildman–Crippen LogP) is 1.64. The lowest BCUT2D eigenvalue weighted by atomic mass is 10.1. The highest BCUT2D eigenvalue weighted by Gasteiger charge is 2.20. The summed E-state index contributed by atoms with van der Waals surface area (Å²) in [6.07, 6.45) is 1.45. The number of hydrogen-bond acceptors (Lipinski definition) is 5. The van der Waals surface area contributed by atoms with Crippen LogP contribution in [-0.4, -0.2) is 40.3 Å². The monoisotopic (exact) mass is 333 g/mol. The second-order valence-corrected chi connectivity index (χ2v) is 5.96. The first-order valence-electron chi connectivity index (χ1n) is 7.95. The van der Waals surface area contributed by atoms with Gasteiger partial charge < -0.3 is 10.1 Å². The van der Waals surface area contributed by atoms with E-state index in [0.717, 1.165) is 11.3 Å². The number of benzene rings is 1. The molecule has 4 rings (SSSR count). The third kappa shape index (κ3) is 2.95. The third-order valence-electron chi connectivity index (χ3n) is 4.21. The molecule has 1 N–H and O–H groups in total. The molecule has 25 heavy (non-hydrogen) atoms. The molecule has 7 heteroatoms. The summed E-state index contributed by atoms with van der Waals surface area (Å²) < 4.78 is 6.80. The summed E-state index contributed by atoms with van der Waals surface area (Å²) in [5.74, 6) is 0.242. The molecule has 3 heterocycles. The van der Waals surface area contributed by atoms with Crippen LogP contribution in [0.3, 0.4) is 0 Å². The van der Waals surface area contributed by atoms with Crippen molar-refractivity contribution in [3.8, 4) is 17.3 Å². The molecule has 1 aliphatic heterocycles. The number of pyridine rings is 1. The van der Waals surface area contributed by atoms with Gasteiger partial charge in [-0.15, -0.1) is 0 Å². The highest BCUT2D eigenvalue weighted by Crippen LogP contribution is 2.22. The molecule has 1 amide bonds. The number of nitriles is 1. The molecular weight excluding hydrogens is 318 g/mol. The van der Waals surface area contributed by atoms with Crippen molar-refractivity contribution in [3.63, 3.8) is 0 Å². The van der Waals surface area contributed by atoms with E-state index >= 15 is 0 Å². The maximum atomic E-state index is 12.5. The zero-order valence-corrected chi connectivity index (χ0v) is 13.3. The molecule has 0 atom stereocenters. The first kappa shape index (κ1) is 15.3. The number of nitrogens with one attached hydrogen (secondary N) is 1. The second kappa shape index (κ2) is 6.34. The smallest absolute Gasteiger partial charge is 0.251 e. The summed E-state index contributed by atoms with van der Waals surface area (Å²) in [6, 6.07) is 12.7. The zero-order valence-electron chi connectivity index (χ0n) is 13.3. The number of carbonyl (C=O) groups excluding carboxylic acids is 1. The van der Waals surface area contributed by atoms with Crippen LogP contribution in [-0.2, 0) is 4.74 Å². The molecule has 3 aromatic rings. The van der Waals surface area contributed by atoms with E-state index in [1.807, 2.05) is 12.1 Å². The Bertz CT molecular complexity index is 967. The first-order chi connectivity index (χ1) is 12.2. The lowest BCUT2D eigenvalue weighted by Gasteiger charge is -2.25. The van der Waals surface area contributed by atoms with E-state index in [9.17, 15) is 4.79 Å². The summed E-state index contributed by atoms with van der Waals surface area (Å²) in [5, 5.41) is 16.1. The van der Waals surface area contributed by atoms with Crippen LogP contribution < -0.4 is 5.32 Å². The SMILES string of the molecule is N#Cc1ccc(-c2cc(C(=O)NCC3COC3)cc3ncnn23)cc1. The Morgan fingerprint density at radius 2 is 2.12 bits per heavy atom. The van der Waals surface area contributed by atoms with Gasteiger partial charge in [-0.1, -0.05) is 12.1 Å². The molecule has 1 aromatic carbocycles. The lowest BCUT2D eigenvalue weighted by molar-refractivity contribution is -0.0298. The topological polar surface area (TPSA) is 92.3 Å². The van der Waals surface area contributed by atoms with Gasteiger partial charge in [0.1, 0.15) is 6.33 Å². The number of carbonyl (C=O) groups is 1. The van der Waals surface area contributed by atoms with Crippen molar-refractivity contribution in [2.75, 3.05) is 19.8 Å². The van der Waals surface area contributed by atoms with E-state index < -0.39 is 0 Å². The van der Waals surface area contributed by atoms with Gasteiger partial charge in [-0.05, 0) is 24.3 Å². The van der Waals surface area contributed by atoms with E-state index in [0.29, 0.717) is 42.5 Å². The van der Waals surface area contributed by atoms with Crippen LogP contribution in [0.15, 0.2) is 42.7 Å². The maximum Gasteiger partial charge on any atom is 0.251 e. The number of aromatic nitrogens is 3. The van der Waals surface area contributed by atoms with Gasteiger partial charge in [0.25, 0.3) is 5.91 Å². The Kier molecular flexibility index (Phi) is 3.88. The molecule has 0 aliphatic carbocycles. The zero-order chi connectivity index (χ0) is 17.2. The van der Waals surface area contributed by atoms with Crippen LogP contribution in [0.4, 0.5) is 0 Å². The van der Waals surface area contributed by atoms with Gasteiger partial charge in [-0.3, -0.25) is 4.79 Å². The van der Waals surface area contributed by atoms with Crippen LogP contribution in [0.1, 0.15) is 15.9 Å². The highest BCUT2D eigenvalue weighted by molar-refractivity contribution is 5.96. The van der Waals surface area contributed by atoms with Crippen LogP contribution in [0.2, 0.25) is 0 Å². The van der Waals surface area contributed by atoms with Gasteiger partial charge in [0.05, 0.1) is 30.5 Å². The van der Waals surface area contributed by atoms with Gasteiger partial charge in [0.15, 0.2) is 5.65 Å². The average Bonchev–Trinajstić information content (AvgIpc) is 3.08. The number of hydrogen-bond donors (Lipinski definition) is 1. The Morgan fingerprint density at radius 3 is 2.80 bits per heavy atom. The molecule has 0 bridgehead atoms. The van der Waals surface area contributed by atoms with E-state index in [4.69, 9.17) is 10.00 Å². The van der Waals surface area contributed by atoms with Crippen molar-refractivity contribution in [2.24, 2.45) is 5.92 Å². The van der Waals surface area contributed by atoms with Crippen LogP contribution in [0, 0.1) is 17.2 Å². The van der Waals surface area contributed by atoms with Gasteiger partial charge >= 0.3 is 0 Å². The fraction of sp³-hybridized carbons (Fsp3) is 0.222. The lowest BCUT2D eigenvalue weighted by Crippen LogP contribution is -2.39. The molecule has 0 saturated carbocycles. The maximum absolute atomic E-state index is 12.5. The fourth-order valence-corrected chi connectivity index (χ4v) is 2.72. The fourth-order valence-electron chi connectivity index (χ4n) is 2.72. The minimum absolute atomic E-state index is 0.146. The van der Waals surface area contributed by atoms with Crippen molar-refractivity contribution in [1.29, 1.82) is 5.26 Å². The molecule has 0 spiro atoms. The quantitative estimate of drug-likeness (QED) is 0.783. The number of rotatable bonds is 4. The second-order valence-electron chi connectivity index (χ2n) is 5.96. The molecule has 1 fully saturated rings. The minimum Gasteiger partial charge on any atom is -0.381 e. The van der Waals surface area contributed by atoms with Crippen molar-refractivity contribution < 1.29 is 9.53 Å². The van der Waals surface area contributed by atoms with E-state index in [1.54, 1.807) is 28.8 Å². The van der Waals surface area contributed by atoms with Crippen molar-refractivity contribution in [2.45, 2.75) is 0 Å². The summed E-state index contributed by atoms with van der Waals surface area (Å²) in [6.45, 7) is 1.99. The molecular formula is C18H15N5O2. The highest BCUT2D eigenvalue weighted by atomic mass is 16.5. The molecule has 7 nitrogen and oxygen atoms in total. The first-order valence-corrected chi connectivity index (χ1v) is 7.95. The van der Waals surface area contributed by atoms with Crippen LogP contribution in [0.25, 0.3) is 16.9 Å². The third-order valence-corrected chi connectivity index (χ3v) is 4.21. The van der Waals surface area contributed by atoms with Crippen LogP contribution >= 0.6 is 0 Å². The molecule has 1 saturated heterocycles. The Balaban J connectivity index is 1.68. The summed E-state index contributed by atoms with van der Waals surface area (Å²) in [4.78, 5) is 16.7. The van der Waals surface area contributed by atoms with Crippen LogP contribution in [0.5, 0.6) is 0 Å². The van der Waals surface area contributed by atoms with Gasteiger partial charge in [0.2, 0.25) is 0 Å². The Morgan fingerprint density at radius 1 is 1.32 bits per heavy atom. The van der Waals surface area contributed by atoms with Gasteiger partial charge in [-0.2, -0.15) is 10.4 Å². The normalized spacial score (nSPS) is 14.0. The van der Waals surface area contributed by atoms with E-state index in [2.05, 4.69) is 21.5 Å². The predicted molar refractivity (Wildman–Crippen MR) is 89.8 cm³/mol. The number of fused-ring (bicyclic) bond motifs is 1. The summed E-state index contributed by atoms with van der Waals surface area (Å²) >= 11 is 0. The summed E-state index contributed by atoms with van der Waals surface area (Å²) in [5.41, 5.74) is 3.31. The number of nitrogens with zero attached hydrogens (tertiary/aromatic N) is 4. The molecule has 0 unspecified atom stereocenters. The van der Waals surface area contributed by atoms with Gasteiger partial charge in [-0.25, -0.2) is 9.50 Å². The largest absolute Gasteiger partial charge is 0.381 e.